The number of benzene rings is 2. The van der Waals surface area contributed by atoms with Crippen molar-refractivity contribution in [2.45, 2.75) is 6.54 Å². The van der Waals surface area contributed by atoms with Crippen LogP contribution >= 0.6 is 11.6 Å². The molecular weight excluding hydrogens is 289 g/mol. The first-order valence-corrected chi connectivity index (χ1v) is 6.88. The van der Waals surface area contributed by atoms with E-state index in [1.54, 1.807) is 12.3 Å². The predicted molar refractivity (Wildman–Crippen MR) is 82.8 cm³/mol. The van der Waals surface area contributed by atoms with Gasteiger partial charge in [0.2, 0.25) is 0 Å². The van der Waals surface area contributed by atoms with Crippen molar-refractivity contribution in [3.05, 3.63) is 71.1 Å². The van der Waals surface area contributed by atoms with Crippen LogP contribution in [0.25, 0.3) is 11.3 Å². The van der Waals surface area contributed by atoms with Crippen molar-refractivity contribution in [3.8, 4) is 11.3 Å². The number of hydrogen-bond donors (Lipinski definition) is 2. The number of anilines is 1. The summed E-state index contributed by atoms with van der Waals surface area (Å²) < 4.78 is 13.0. The van der Waals surface area contributed by atoms with Crippen LogP contribution in [0, 0.1) is 5.82 Å². The Morgan fingerprint density at radius 3 is 2.57 bits per heavy atom. The van der Waals surface area contributed by atoms with Crippen LogP contribution in [0.3, 0.4) is 0 Å². The number of aromatic amines is 1. The number of halogens is 2. The van der Waals surface area contributed by atoms with Gasteiger partial charge >= 0.3 is 0 Å². The fourth-order valence-corrected chi connectivity index (χ4v) is 2.28. The molecule has 3 aromatic rings. The maximum Gasteiger partial charge on any atom is 0.124 e. The molecule has 5 heteroatoms. The Morgan fingerprint density at radius 1 is 1.10 bits per heavy atom. The molecule has 106 valence electrons. The van der Waals surface area contributed by atoms with E-state index < -0.39 is 0 Å². The molecule has 1 aromatic heterocycles. The Morgan fingerprint density at radius 2 is 1.90 bits per heavy atom. The molecule has 0 saturated carbocycles. The van der Waals surface area contributed by atoms with Crippen LogP contribution in [0.15, 0.2) is 54.7 Å². The minimum Gasteiger partial charge on any atom is -0.381 e. The molecule has 0 atom stereocenters. The van der Waals surface area contributed by atoms with Crippen LogP contribution in [-0.4, -0.2) is 10.2 Å². The first-order chi connectivity index (χ1) is 10.2. The first kappa shape index (κ1) is 13.6. The number of nitrogens with zero attached hydrogens (tertiary/aromatic N) is 1. The summed E-state index contributed by atoms with van der Waals surface area (Å²) >= 11 is 6.00. The van der Waals surface area contributed by atoms with Crippen molar-refractivity contribution < 1.29 is 4.39 Å². The fourth-order valence-electron chi connectivity index (χ4n) is 2.05. The predicted octanol–water partition coefficient (Wildman–Crippen LogP) is 4.48. The normalized spacial score (nSPS) is 10.6. The molecule has 0 aliphatic carbocycles. The molecule has 3 nitrogen and oxygen atoms in total. The Hall–Kier alpha value is -2.33. The maximum atomic E-state index is 13.0. The minimum absolute atomic E-state index is 0.326. The molecule has 2 N–H and O–H groups in total. The average Bonchev–Trinajstić information content (AvgIpc) is 3.01. The molecule has 0 radical (unpaired) electrons. The maximum absolute atomic E-state index is 13.0. The SMILES string of the molecule is Fc1ccc(CNc2ccc(-c3ccn[nH]3)cc2)c(Cl)c1. The van der Waals surface area contributed by atoms with Gasteiger partial charge in [-0.1, -0.05) is 29.8 Å². The summed E-state index contributed by atoms with van der Waals surface area (Å²) in [5.74, 6) is -0.326. The zero-order chi connectivity index (χ0) is 14.7. The molecule has 3 rings (SSSR count). The smallest absolute Gasteiger partial charge is 0.124 e. The highest BCUT2D eigenvalue weighted by molar-refractivity contribution is 6.31. The lowest BCUT2D eigenvalue weighted by Crippen LogP contribution is -2.00. The van der Waals surface area contributed by atoms with E-state index in [2.05, 4.69) is 15.5 Å². The first-order valence-electron chi connectivity index (χ1n) is 6.50. The Kier molecular flexibility index (Phi) is 3.88. The van der Waals surface area contributed by atoms with E-state index in [1.165, 1.54) is 12.1 Å². The summed E-state index contributed by atoms with van der Waals surface area (Å²) in [6, 6.07) is 14.3. The zero-order valence-electron chi connectivity index (χ0n) is 11.1. The van der Waals surface area contributed by atoms with Crippen molar-refractivity contribution in [1.82, 2.24) is 10.2 Å². The number of rotatable bonds is 4. The van der Waals surface area contributed by atoms with Gasteiger partial charge in [0.05, 0.1) is 5.69 Å². The van der Waals surface area contributed by atoms with Crippen LogP contribution < -0.4 is 5.32 Å². The summed E-state index contributed by atoms with van der Waals surface area (Å²) in [4.78, 5) is 0. The highest BCUT2D eigenvalue weighted by Gasteiger charge is 2.03. The van der Waals surface area contributed by atoms with Gasteiger partial charge < -0.3 is 5.32 Å². The second-order valence-corrected chi connectivity index (χ2v) is 5.04. The van der Waals surface area contributed by atoms with Gasteiger partial charge in [-0.3, -0.25) is 5.10 Å². The van der Waals surface area contributed by atoms with Crippen LogP contribution in [-0.2, 0) is 6.54 Å². The second kappa shape index (κ2) is 5.97. The van der Waals surface area contributed by atoms with Gasteiger partial charge in [0.15, 0.2) is 0 Å². The molecule has 0 saturated heterocycles. The Bertz CT molecular complexity index is 724. The van der Waals surface area contributed by atoms with Crippen molar-refractivity contribution in [2.24, 2.45) is 0 Å². The molecule has 0 bridgehead atoms. The van der Waals surface area contributed by atoms with Crippen molar-refractivity contribution in [2.75, 3.05) is 5.32 Å². The molecule has 0 aliphatic rings. The molecule has 0 fully saturated rings. The largest absolute Gasteiger partial charge is 0.381 e. The summed E-state index contributed by atoms with van der Waals surface area (Å²) in [5.41, 5.74) is 3.87. The van der Waals surface area contributed by atoms with Crippen molar-refractivity contribution in [3.63, 3.8) is 0 Å². The van der Waals surface area contributed by atoms with Gasteiger partial charge in [-0.15, -0.1) is 0 Å². The van der Waals surface area contributed by atoms with E-state index in [9.17, 15) is 4.39 Å². The van der Waals surface area contributed by atoms with Crippen LogP contribution in [0.5, 0.6) is 0 Å². The van der Waals surface area contributed by atoms with Gasteiger partial charge in [-0.25, -0.2) is 4.39 Å². The fraction of sp³-hybridized carbons (Fsp3) is 0.0625. The van der Waals surface area contributed by atoms with Crippen molar-refractivity contribution in [1.29, 1.82) is 0 Å². The summed E-state index contributed by atoms with van der Waals surface area (Å²) in [6.45, 7) is 0.544. The van der Waals surface area contributed by atoms with Crippen LogP contribution in [0.1, 0.15) is 5.56 Å². The van der Waals surface area contributed by atoms with E-state index in [1.807, 2.05) is 30.3 Å². The van der Waals surface area contributed by atoms with Gasteiger partial charge in [0.1, 0.15) is 5.82 Å². The third-order valence-corrected chi connectivity index (χ3v) is 3.55. The Labute approximate surface area is 126 Å². The van der Waals surface area contributed by atoms with Crippen LogP contribution in [0.4, 0.5) is 10.1 Å². The lowest BCUT2D eigenvalue weighted by Gasteiger charge is -2.09. The van der Waals surface area contributed by atoms with E-state index in [0.29, 0.717) is 11.6 Å². The van der Waals surface area contributed by atoms with Crippen molar-refractivity contribution >= 4 is 17.3 Å². The lowest BCUT2D eigenvalue weighted by atomic mass is 10.1. The molecular formula is C16H13ClFN3. The highest BCUT2D eigenvalue weighted by atomic mass is 35.5. The molecule has 0 aliphatic heterocycles. The topological polar surface area (TPSA) is 40.7 Å². The molecule has 1 heterocycles. The van der Waals surface area contributed by atoms with Gasteiger partial charge in [-0.2, -0.15) is 5.10 Å². The number of aromatic nitrogens is 2. The quantitative estimate of drug-likeness (QED) is 0.746. The highest BCUT2D eigenvalue weighted by Crippen LogP contribution is 2.21. The molecule has 0 amide bonds. The number of H-pyrrole nitrogens is 1. The average molecular weight is 302 g/mol. The monoisotopic (exact) mass is 301 g/mol. The van der Waals surface area contributed by atoms with E-state index in [-0.39, 0.29) is 5.82 Å². The summed E-state index contributed by atoms with van der Waals surface area (Å²) in [7, 11) is 0. The standard InChI is InChI=1S/C16H13ClFN3/c17-15-9-13(18)4-1-12(15)10-19-14-5-2-11(3-6-14)16-7-8-20-21-16/h1-9,19H,10H2,(H,20,21). The molecule has 0 unspecified atom stereocenters. The molecule has 21 heavy (non-hydrogen) atoms. The van der Waals surface area contributed by atoms with Crippen LogP contribution in [0.2, 0.25) is 5.02 Å². The number of hydrogen-bond acceptors (Lipinski definition) is 2. The van der Waals surface area contributed by atoms with Gasteiger partial charge in [0, 0.05) is 23.5 Å². The zero-order valence-corrected chi connectivity index (χ0v) is 11.9. The van der Waals surface area contributed by atoms with Gasteiger partial charge in [-0.05, 0) is 41.5 Å². The third kappa shape index (κ3) is 3.23. The van der Waals surface area contributed by atoms with E-state index >= 15 is 0 Å². The molecule has 0 spiro atoms. The third-order valence-electron chi connectivity index (χ3n) is 3.19. The molecule has 2 aromatic carbocycles. The number of nitrogens with one attached hydrogen (secondary N) is 2. The second-order valence-electron chi connectivity index (χ2n) is 4.64. The van der Waals surface area contributed by atoms with E-state index in [4.69, 9.17) is 11.6 Å². The van der Waals surface area contributed by atoms with Gasteiger partial charge in [0.25, 0.3) is 0 Å². The van der Waals surface area contributed by atoms with E-state index in [0.717, 1.165) is 22.5 Å². The summed E-state index contributed by atoms with van der Waals surface area (Å²) in [6.07, 6.45) is 1.72. The summed E-state index contributed by atoms with van der Waals surface area (Å²) in [5, 5.41) is 10.5. The minimum atomic E-state index is -0.326. The Balaban J connectivity index is 1.68. The lowest BCUT2D eigenvalue weighted by molar-refractivity contribution is 0.627.